The number of imide groups is 2. The van der Waals surface area contributed by atoms with E-state index >= 15 is 0 Å². The molecule has 1 aliphatic heterocycles. The summed E-state index contributed by atoms with van der Waals surface area (Å²) in [5, 5.41) is 2.63. The molecule has 1 aliphatic rings. The number of urea groups is 1. The molecule has 9 heteroatoms. The van der Waals surface area contributed by atoms with Crippen molar-refractivity contribution in [3.63, 3.8) is 0 Å². The van der Waals surface area contributed by atoms with Crippen LogP contribution in [0.4, 0.5) is 10.5 Å². The van der Waals surface area contributed by atoms with Crippen molar-refractivity contribution in [2.45, 2.75) is 20.5 Å². The van der Waals surface area contributed by atoms with Crippen molar-refractivity contribution in [2.75, 3.05) is 4.90 Å². The number of amides is 4. The maximum absolute atomic E-state index is 13.2. The van der Waals surface area contributed by atoms with Crippen LogP contribution in [0.1, 0.15) is 22.3 Å². The Labute approximate surface area is 224 Å². The molecule has 0 atom stereocenters. The number of halogens is 3. The van der Waals surface area contributed by atoms with Crippen LogP contribution in [0, 0.1) is 13.8 Å². The van der Waals surface area contributed by atoms with Crippen LogP contribution in [0.3, 0.4) is 0 Å². The first-order valence-electron chi connectivity index (χ1n) is 10.5. The Balaban J connectivity index is 1.63. The zero-order valence-corrected chi connectivity index (χ0v) is 22.6. The molecule has 1 saturated heterocycles. The quantitative estimate of drug-likeness (QED) is 0.254. The minimum Gasteiger partial charge on any atom is -0.487 e. The maximum atomic E-state index is 13.2. The normalized spacial score (nSPS) is 14.9. The van der Waals surface area contributed by atoms with Gasteiger partial charge in [0.2, 0.25) is 0 Å². The Morgan fingerprint density at radius 1 is 1.00 bits per heavy atom. The van der Waals surface area contributed by atoms with Crippen LogP contribution in [0.2, 0.25) is 5.02 Å². The molecule has 4 rings (SSSR count). The highest BCUT2D eigenvalue weighted by atomic mass is 79.9. The molecule has 0 aliphatic carbocycles. The van der Waals surface area contributed by atoms with Crippen molar-refractivity contribution in [2.24, 2.45) is 0 Å². The van der Waals surface area contributed by atoms with E-state index in [4.69, 9.17) is 16.3 Å². The predicted molar refractivity (Wildman–Crippen MR) is 143 cm³/mol. The topological polar surface area (TPSA) is 75.7 Å². The largest absolute Gasteiger partial charge is 0.487 e. The molecule has 0 spiro atoms. The first-order valence-corrected chi connectivity index (χ1v) is 12.5. The average Bonchev–Trinajstić information content (AvgIpc) is 2.80. The molecule has 0 unspecified atom stereocenters. The Morgan fingerprint density at radius 3 is 2.31 bits per heavy atom. The molecular weight excluding hydrogens is 600 g/mol. The van der Waals surface area contributed by atoms with Gasteiger partial charge in [-0.05, 0) is 92.7 Å². The highest BCUT2D eigenvalue weighted by molar-refractivity contribution is 9.11. The number of carbonyl (C=O) groups excluding carboxylic acids is 3. The minimum atomic E-state index is -0.829. The first-order chi connectivity index (χ1) is 16.7. The average molecular weight is 619 g/mol. The first kappa shape index (κ1) is 25.2. The van der Waals surface area contributed by atoms with E-state index < -0.39 is 17.8 Å². The number of aryl methyl sites for hydroxylation is 1. The third-order valence-electron chi connectivity index (χ3n) is 5.42. The van der Waals surface area contributed by atoms with Crippen molar-refractivity contribution in [3.05, 3.63) is 96.4 Å². The van der Waals surface area contributed by atoms with Gasteiger partial charge in [-0.3, -0.25) is 14.9 Å². The van der Waals surface area contributed by atoms with Crippen LogP contribution in [-0.2, 0) is 16.2 Å². The number of rotatable bonds is 5. The fourth-order valence-electron chi connectivity index (χ4n) is 3.52. The number of hydrogen-bond acceptors (Lipinski definition) is 4. The van der Waals surface area contributed by atoms with Crippen molar-refractivity contribution in [1.29, 1.82) is 0 Å². The third-order valence-corrected chi connectivity index (χ3v) is 7.00. The van der Waals surface area contributed by atoms with Gasteiger partial charge in [0.05, 0.1) is 14.6 Å². The summed E-state index contributed by atoms with van der Waals surface area (Å²) in [7, 11) is 0. The number of ether oxygens (including phenoxy) is 1. The third kappa shape index (κ3) is 5.34. The smallest absolute Gasteiger partial charge is 0.335 e. The lowest BCUT2D eigenvalue weighted by molar-refractivity contribution is -0.122. The van der Waals surface area contributed by atoms with Gasteiger partial charge in [0, 0.05) is 5.02 Å². The van der Waals surface area contributed by atoms with Gasteiger partial charge < -0.3 is 4.74 Å². The van der Waals surface area contributed by atoms with Gasteiger partial charge in [-0.15, -0.1) is 0 Å². The minimum absolute atomic E-state index is 0.184. The summed E-state index contributed by atoms with van der Waals surface area (Å²) in [6.07, 6.45) is 1.43. The van der Waals surface area contributed by atoms with Crippen LogP contribution in [-0.4, -0.2) is 17.8 Å². The van der Waals surface area contributed by atoms with Crippen molar-refractivity contribution < 1.29 is 19.1 Å². The van der Waals surface area contributed by atoms with E-state index in [1.54, 1.807) is 37.3 Å². The van der Waals surface area contributed by atoms with Crippen LogP contribution in [0.25, 0.3) is 6.08 Å². The molecule has 0 bridgehead atoms. The SMILES string of the molecule is Cc1ccc(COc2c(Br)cc(/C=C3\C(=O)NC(=O)N(c4cccc(Cl)c4C)C3=O)cc2Br)cc1. The summed E-state index contributed by atoms with van der Waals surface area (Å²) in [4.78, 5) is 39.2. The highest BCUT2D eigenvalue weighted by Crippen LogP contribution is 2.36. The maximum Gasteiger partial charge on any atom is 0.335 e. The van der Waals surface area contributed by atoms with Gasteiger partial charge in [0.15, 0.2) is 0 Å². The van der Waals surface area contributed by atoms with Crippen molar-refractivity contribution in [1.82, 2.24) is 5.32 Å². The molecule has 4 amide bonds. The lowest BCUT2D eigenvalue weighted by Crippen LogP contribution is -2.54. The second-order valence-corrected chi connectivity index (χ2v) is 10.0. The van der Waals surface area contributed by atoms with Crippen LogP contribution in [0.5, 0.6) is 5.75 Å². The van der Waals surface area contributed by atoms with E-state index in [1.165, 1.54) is 11.6 Å². The molecular formula is C26H19Br2ClN2O4. The van der Waals surface area contributed by atoms with Gasteiger partial charge in [-0.25, -0.2) is 9.69 Å². The van der Waals surface area contributed by atoms with E-state index in [9.17, 15) is 14.4 Å². The van der Waals surface area contributed by atoms with Crippen molar-refractivity contribution >= 4 is 73.1 Å². The number of nitrogens with one attached hydrogen (secondary N) is 1. The fraction of sp³-hybridized carbons (Fsp3) is 0.115. The summed E-state index contributed by atoms with van der Waals surface area (Å²) in [6.45, 7) is 4.09. The Hall–Kier alpha value is -2.94. The van der Waals surface area contributed by atoms with E-state index in [1.807, 2.05) is 31.2 Å². The summed E-state index contributed by atoms with van der Waals surface area (Å²) in [5.41, 5.74) is 3.41. The monoisotopic (exact) mass is 616 g/mol. The van der Waals surface area contributed by atoms with Gasteiger partial charge in [-0.2, -0.15) is 0 Å². The number of benzene rings is 3. The molecule has 35 heavy (non-hydrogen) atoms. The summed E-state index contributed by atoms with van der Waals surface area (Å²) in [6, 6.07) is 15.6. The predicted octanol–water partition coefficient (Wildman–Crippen LogP) is 6.73. The lowest BCUT2D eigenvalue weighted by atomic mass is 10.1. The number of barbiturate groups is 1. The lowest BCUT2D eigenvalue weighted by Gasteiger charge is -2.27. The molecule has 178 valence electrons. The summed E-state index contributed by atoms with van der Waals surface area (Å²) in [5.74, 6) is -0.933. The summed E-state index contributed by atoms with van der Waals surface area (Å²) < 4.78 is 7.23. The van der Waals surface area contributed by atoms with Gasteiger partial charge in [0.25, 0.3) is 11.8 Å². The fourth-order valence-corrected chi connectivity index (χ4v) is 5.14. The molecule has 1 fully saturated rings. The summed E-state index contributed by atoms with van der Waals surface area (Å²) >= 11 is 13.2. The van der Waals surface area contributed by atoms with E-state index in [-0.39, 0.29) is 5.57 Å². The molecule has 6 nitrogen and oxygen atoms in total. The number of hydrogen-bond donors (Lipinski definition) is 1. The Bertz CT molecular complexity index is 1360. The molecule has 0 aromatic heterocycles. The highest BCUT2D eigenvalue weighted by Gasteiger charge is 2.37. The molecule has 3 aromatic rings. The van der Waals surface area contributed by atoms with E-state index in [0.29, 0.717) is 43.1 Å². The standard InChI is InChI=1S/C26H19Br2ClN2O4/c1-14-6-8-16(9-7-14)13-35-23-19(27)11-17(12-20(23)28)10-18-24(32)30-26(34)31(25(18)33)22-5-3-4-21(29)15(22)2/h3-12H,13H2,1-2H3,(H,30,32,34)/b18-10+. The van der Waals surface area contributed by atoms with E-state index in [0.717, 1.165) is 10.5 Å². The molecule has 1 N–H and O–H groups in total. The van der Waals surface area contributed by atoms with Crippen LogP contribution < -0.4 is 15.0 Å². The molecule has 3 aromatic carbocycles. The van der Waals surface area contributed by atoms with Crippen molar-refractivity contribution in [3.8, 4) is 5.75 Å². The number of nitrogens with zero attached hydrogens (tertiary/aromatic N) is 1. The van der Waals surface area contributed by atoms with Gasteiger partial charge in [-0.1, -0.05) is 47.5 Å². The number of carbonyl (C=O) groups is 3. The van der Waals surface area contributed by atoms with Gasteiger partial charge in [0.1, 0.15) is 17.9 Å². The van der Waals surface area contributed by atoms with E-state index in [2.05, 4.69) is 37.2 Å². The number of anilines is 1. The molecule has 0 saturated carbocycles. The molecule has 0 radical (unpaired) electrons. The Morgan fingerprint density at radius 2 is 1.66 bits per heavy atom. The van der Waals surface area contributed by atoms with Gasteiger partial charge >= 0.3 is 6.03 Å². The zero-order valence-electron chi connectivity index (χ0n) is 18.7. The second-order valence-electron chi connectivity index (χ2n) is 7.93. The van der Waals surface area contributed by atoms with Crippen LogP contribution >= 0.6 is 43.5 Å². The second kappa shape index (κ2) is 10.4. The molecule has 1 heterocycles. The van der Waals surface area contributed by atoms with Crippen LogP contribution in [0.15, 0.2) is 69.1 Å². The Kier molecular flexibility index (Phi) is 7.44. The zero-order chi connectivity index (χ0) is 25.3.